The molecule has 0 aliphatic carbocycles. The van der Waals surface area contributed by atoms with E-state index < -0.39 is 0 Å². The molecule has 2 aromatic carbocycles. The SMILES string of the molecule is CN(C)c1ccc(C=Nc2sc3c(c2C#N)CCN(Cc2ccccc2)C3)cc1. The number of rotatable bonds is 5. The minimum absolute atomic E-state index is 0.755. The maximum Gasteiger partial charge on any atom is 0.134 e. The monoisotopic (exact) mass is 400 g/mol. The van der Waals surface area contributed by atoms with Gasteiger partial charge in [0.15, 0.2) is 0 Å². The van der Waals surface area contributed by atoms with Crippen molar-refractivity contribution in [1.82, 2.24) is 4.90 Å². The first kappa shape index (κ1) is 19.4. The summed E-state index contributed by atoms with van der Waals surface area (Å²) < 4.78 is 0. The molecule has 4 nitrogen and oxygen atoms in total. The molecule has 0 radical (unpaired) electrons. The first-order chi connectivity index (χ1) is 14.1. The first-order valence-electron chi connectivity index (χ1n) is 9.76. The highest BCUT2D eigenvalue weighted by Gasteiger charge is 2.24. The van der Waals surface area contributed by atoms with Gasteiger partial charge in [-0.1, -0.05) is 42.5 Å². The molecule has 1 aliphatic heterocycles. The number of fused-ring (bicyclic) bond motifs is 1. The Labute approximate surface area is 176 Å². The average molecular weight is 401 g/mol. The van der Waals surface area contributed by atoms with Gasteiger partial charge < -0.3 is 4.90 Å². The van der Waals surface area contributed by atoms with Crippen molar-refractivity contribution in [3.05, 3.63) is 81.7 Å². The molecule has 0 spiro atoms. The Balaban J connectivity index is 1.52. The van der Waals surface area contributed by atoms with Crippen LogP contribution in [0.4, 0.5) is 10.7 Å². The van der Waals surface area contributed by atoms with Crippen molar-refractivity contribution in [2.75, 3.05) is 25.5 Å². The summed E-state index contributed by atoms with van der Waals surface area (Å²) in [6, 6.07) is 21.2. The van der Waals surface area contributed by atoms with Crippen molar-refractivity contribution in [1.29, 1.82) is 5.26 Å². The summed E-state index contributed by atoms with van der Waals surface area (Å²) in [6.45, 7) is 2.80. The van der Waals surface area contributed by atoms with Gasteiger partial charge in [0.05, 0.1) is 5.56 Å². The minimum Gasteiger partial charge on any atom is -0.378 e. The van der Waals surface area contributed by atoms with Crippen LogP contribution in [-0.4, -0.2) is 31.8 Å². The standard InChI is InChI=1S/C24H24N4S/c1-27(2)20-10-8-18(9-11-20)15-26-24-22(14-25)21-12-13-28(17-23(21)29-24)16-19-6-4-3-5-7-19/h3-11,15H,12-13,16-17H2,1-2H3. The second-order valence-electron chi connectivity index (χ2n) is 7.49. The van der Waals surface area contributed by atoms with Gasteiger partial charge in [0, 0.05) is 50.5 Å². The van der Waals surface area contributed by atoms with Crippen LogP contribution in [0, 0.1) is 11.3 Å². The zero-order chi connectivity index (χ0) is 20.2. The van der Waals surface area contributed by atoms with Crippen molar-refractivity contribution in [3.63, 3.8) is 0 Å². The Hall–Kier alpha value is -2.94. The Kier molecular flexibility index (Phi) is 5.75. The van der Waals surface area contributed by atoms with Gasteiger partial charge in [0.2, 0.25) is 0 Å². The van der Waals surface area contributed by atoms with Gasteiger partial charge >= 0.3 is 0 Å². The number of aliphatic imine (C=N–C) groups is 1. The Morgan fingerprint density at radius 2 is 1.90 bits per heavy atom. The number of hydrogen-bond donors (Lipinski definition) is 0. The van der Waals surface area contributed by atoms with Crippen molar-refractivity contribution in [2.24, 2.45) is 4.99 Å². The fraction of sp³-hybridized carbons (Fsp3) is 0.250. The first-order valence-corrected chi connectivity index (χ1v) is 10.6. The largest absolute Gasteiger partial charge is 0.378 e. The highest BCUT2D eigenvalue weighted by atomic mass is 32.1. The lowest BCUT2D eigenvalue weighted by Crippen LogP contribution is -2.29. The maximum absolute atomic E-state index is 9.72. The van der Waals surface area contributed by atoms with E-state index in [4.69, 9.17) is 0 Å². The molecule has 0 N–H and O–H groups in total. The molecule has 146 valence electrons. The molecule has 1 aromatic heterocycles. The van der Waals surface area contributed by atoms with Crippen molar-refractivity contribution < 1.29 is 0 Å². The topological polar surface area (TPSA) is 42.6 Å². The van der Waals surface area contributed by atoms with Crippen LogP contribution in [0.25, 0.3) is 0 Å². The van der Waals surface area contributed by atoms with Crippen LogP contribution in [0.3, 0.4) is 0 Å². The summed E-state index contributed by atoms with van der Waals surface area (Å²) in [4.78, 5) is 10.5. The molecule has 0 saturated carbocycles. The van der Waals surface area contributed by atoms with E-state index in [-0.39, 0.29) is 0 Å². The molecule has 0 saturated heterocycles. The lowest BCUT2D eigenvalue weighted by Gasteiger charge is -2.26. The number of nitrogens with zero attached hydrogens (tertiary/aromatic N) is 4. The van der Waals surface area contributed by atoms with Gasteiger partial charge in [-0.3, -0.25) is 4.90 Å². The third-order valence-electron chi connectivity index (χ3n) is 5.22. The van der Waals surface area contributed by atoms with E-state index in [0.717, 1.165) is 47.9 Å². The fourth-order valence-electron chi connectivity index (χ4n) is 3.62. The van der Waals surface area contributed by atoms with E-state index in [1.807, 2.05) is 20.3 Å². The predicted octanol–water partition coefficient (Wildman–Crippen LogP) is 4.99. The third kappa shape index (κ3) is 4.40. The fourth-order valence-corrected chi connectivity index (χ4v) is 4.80. The Bertz CT molecular complexity index is 1040. The summed E-state index contributed by atoms with van der Waals surface area (Å²) in [5.41, 5.74) is 5.47. The molecule has 0 atom stereocenters. The molecule has 5 heteroatoms. The predicted molar refractivity (Wildman–Crippen MR) is 121 cm³/mol. The van der Waals surface area contributed by atoms with Crippen LogP contribution < -0.4 is 4.90 Å². The number of anilines is 1. The molecule has 1 aliphatic rings. The van der Waals surface area contributed by atoms with Crippen LogP contribution >= 0.6 is 11.3 Å². The molecule has 0 bridgehead atoms. The van der Waals surface area contributed by atoms with Crippen LogP contribution in [0.15, 0.2) is 59.6 Å². The maximum atomic E-state index is 9.72. The van der Waals surface area contributed by atoms with E-state index in [2.05, 4.69) is 75.5 Å². The number of thiophene rings is 1. The molecule has 0 fully saturated rings. The molecular weight excluding hydrogens is 376 g/mol. The van der Waals surface area contributed by atoms with E-state index in [9.17, 15) is 5.26 Å². The highest BCUT2D eigenvalue weighted by Crippen LogP contribution is 2.38. The van der Waals surface area contributed by atoms with Gasteiger partial charge in [-0.2, -0.15) is 5.26 Å². The van der Waals surface area contributed by atoms with E-state index in [1.165, 1.54) is 16.0 Å². The van der Waals surface area contributed by atoms with E-state index in [0.29, 0.717) is 0 Å². The highest BCUT2D eigenvalue weighted by molar-refractivity contribution is 7.16. The normalized spacial score (nSPS) is 14.0. The quantitative estimate of drug-likeness (QED) is 0.566. The second-order valence-corrected chi connectivity index (χ2v) is 8.57. The van der Waals surface area contributed by atoms with Gasteiger partial charge in [-0.15, -0.1) is 11.3 Å². The minimum atomic E-state index is 0.755. The van der Waals surface area contributed by atoms with Gasteiger partial charge in [-0.25, -0.2) is 4.99 Å². The second kappa shape index (κ2) is 8.60. The van der Waals surface area contributed by atoms with Crippen molar-refractivity contribution in [3.8, 4) is 6.07 Å². The zero-order valence-electron chi connectivity index (χ0n) is 16.8. The summed E-state index contributed by atoms with van der Waals surface area (Å²) in [5.74, 6) is 0. The van der Waals surface area contributed by atoms with Gasteiger partial charge in [-0.05, 0) is 35.2 Å². The number of benzene rings is 2. The van der Waals surface area contributed by atoms with E-state index in [1.54, 1.807) is 11.3 Å². The van der Waals surface area contributed by atoms with Crippen LogP contribution in [0.2, 0.25) is 0 Å². The molecule has 0 unspecified atom stereocenters. The molecule has 29 heavy (non-hydrogen) atoms. The average Bonchev–Trinajstić information content (AvgIpc) is 3.10. The smallest absolute Gasteiger partial charge is 0.134 e. The van der Waals surface area contributed by atoms with Crippen molar-refractivity contribution in [2.45, 2.75) is 19.5 Å². The summed E-state index contributed by atoms with van der Waals surface area (Å²) in [7, 11) is 4.05. The molecule has 2 heterocycles. The Morgan fingerprint density at radius 1 is 1.14 bits per heavy atom. The number of hydrogen-bond acceptors (Lipinski definition) is 5. The van der Waals surface area contributed by atoms with Crippen LogP contribution in [-0.2, 0) is 19.5 Å². The van der Waals surface area contributed by atoms with Gasteiger partial charge in [0.1, 0.15) is 11.1 Å². The Morgan fingerprint density at radius 3 is 2.59 bits per heavy atom. The lowest BCUT2D eigenvalue weighted by molar-refractivity contribution is 0.249. The van der Waals surface area contributed by atoms with Crippen LogP contribution in [0.5, 0.6) is 0 Å². The van der Waals surface area contributed by atoms with Crippen LogP contribution in [0.1, 0.15) is 27.1 Å². The lowest BCUT2D eigenvalue weighted by atomic mass is 10.0. The summed E-state index contributed by atoms with van der Waals surface area (Å²) >= 11 is 1.66. The van der Waals surface area contributed by atoms with Crippen molar-refractivity contribution >= 4 is 28.2 Å². The molecule has 0 amide bonds. The molecule has 3 aromatic rings. The molecule has 4 rings (SSSR count). The zero-order valence-corrected chi connectivity index (χ0v) is 17.6. The van der Waals surface area contributed by atoms with Gasteiger partial charge in [0.25, 0.3) is 0 Å². The third-order valence-corrected chi connectivity index (χ3v) is 6.34. The number of nitriles is 1. The van der Waals surface area contributed by atoms with E-state index >= 15 is 0 Å². The molecular formula is C24H24N4S. The summed E-state index contributed by atoms with van der Waals surface area (Å²) in [6.07, 6.45) is 2.77. The summed E-state index contributed by atoms with van der Waals surface area (Å²) in [5, 5.41) is 10.6.